The Morgan fingerprint density at radius 2 is 1.69 bits per heavy atom. The van der Waals surface area contributed by atoms with Crippen LogP contribution >= 0.6 is 11.3 Å². The Bertz CT molecular complexity index is 1370. The highest BCUT2D eigenvalue weighted by Crippen LogP contribution is 2.34. The normalized spacial score (nSPS) is 13.8. The average Bonchev–Trinajstić information content (AvgIpc) is 3.51. The van der Waals surface area contributed by atoms with Gasteiger partial charge in [-0.2, -0.15) is 5.10 Å². The number of hydrogen-bond donors (Lipinski definition) is 1. The van der Waals surface area contributed by atoms with Crippen LogP contribution in [-0.2, 0) is 0 Å². The number of thiazole rings is 1. The van der Waals surface area contributed by atoms with Crippen LogP contribution in [0.1, 0.15) is 33.5 Å². The Hall–Kier alpha value is -3.85. The predicted molar refractivity (Wildman–Crippen MR) is 134 cm³/mol. The summed E-state index contributed by atoms with van der Waals surface area (Å²) in [5.41, 5.74) is 4.51. The van der Waals surface area contributed by atoms with Crippen molar-refractivity contribution in [2.75, 3.05) is 31.1 Å². The van der Waals surface area contributed by atoms with Gasteiger partial charge in [-0.3, -0.25) is 14.7 Å². The number of Topliss-reactive ketones (excluding diaryl/α,β-unsaturated/α-hetero) is 1. The van der Waals surface area contributed by atoms with Gasteiger partial charge in [-0.1, -0.05) is 0 Å². The molecule has 9 heteroatoms. The van der Waals surface area contributed by atoms with E-state index in [4.69, 9.17) is 0 Å². The minimum Gasteiger partial charge on any atom is -0.368 e. The highest BCUT2D eigenvalue weighted by Gasteiger charge is 2.25. The van der Waals surface area contributed by atoms with Crippen molar-refractivity contribution in [1.82, 2.24) is 20.1 Å². The molecular formula is C26H24FN5O2S. The number of amides is 1. The van der Waals surface area contributed by atoms with Gasteiger partial charge in [-0.05, 0) is 68.4 Å². The molecule has 1 saturated heterocycles. The number of nitrogens with one attached hydrogen (secondary N) is 1. The molecule has 0 spiro atoms. The summed E-state index contributed by atoms with van der Waals surface area (Å²) >= 11 is 1.48. The van der Waals surface area contributed by atoms with Gasteiger partial charge in [0.1, 0.15) is 10.8 Å². The van der Waals surface area contributed by atoms with Crippen molar-refractivity contribution in [1.29, 1.82) is 0 Å². The summed E-state index contributed by atoms with van der Waals surface area (Å²) in [6.07, 6.45) is 0. The predicted octanol–water partition coefficient (Wildman–Crippen LogP) is 4.81. The van der Waals surface area contributed by atoms with E-state index < -0.39 is 0 Å². The molecule has 0 radical (unpaired) electrons. The zero-order valence-corrected chi connectivity index (χ0v) is 20.2. The molecule has 2 aromatic heterocycles. The fraction of sp³-hybridized carbons (Fsp3) is 0.231. The summed E-state index contributed by atoms with van der Waals surface area (Å²) < 4.78 is 13.3. The number of carbonyl (C=O) groups excluding carboxylic acids is 2. The number of anilines is 1. The quantitative estimate of drug-likeness (QED) is 0.407. The zero-order valence-electron chi connectivity index (χ0n) is 19.4. The van der Waals surface area contributed by atoms with Crippen molar-refractivity contribution in [3.05, 3.63) is 77.4 Å². The molecule has 0 bridgehead atoms. The molecule has 0 atom stereocenters. The molecule has 4 aromatic rings. The molecule has 0 aliphatic carbocycles. The summed E-state index contributed by atoms with van der Waals surface area (Å²) in [7, 11) is 0. The number of benzene rings is 2. The molecule has 1 amide bonds. The Morgan fingerprint density at radius 1 is 1.00 bits per heavy atom. The molecule has 0 saturated carbocycles. The molecule has 178 valence electrons. The lowest BCUT2D eigenvalue weighted by Crippen LogP contribution is -2.48. The van der Waals surface area contributed by atoms with E-state index in [1.165, 1.54) is 23.5 Å². The van der Waals surface area contributed by atoms with Crippen LogP contribution in [0.15, 0.2) is 54.6 Å². The summed E-state index contributed by atoms with van der Waals surface area (Å²) in [4.78, 5) is 34.1. The van der Waals surface area contributed by atoms with Crippen LogP contribution in [0.5, 0.6) is 0 Å². The summed E-state index contributed by atoms with van der Waals surface area (Å²) in [5.74, 6) is -0.351. The maximum absolute atomic E-state index is 13.3. The maximum Gasteiger partial charge on any atom is 0.274 e. The molecule has 0 unspecified atom stereocenters. The first kappa shape index (κ1) is 22.9. The van der Waals surface area contributed by atoms with Gasteiger partial charge in [-0.15, -0.1) is 11.3 Å². The third kappa shape index (κ3) is 4.72. The van der Waals surface area contributed by atoms with Gasteiger partial charge < -0.3 is 9.80 Å². The Balaban J connectivity index is 1.25. The van der Waals surface area contributed by atoms with Crippen LogP contribution in [-0.4, -0.2) is 58.0 Å². The van der Waals surface area contributed by atoms with Crippen LogP contribution in [0.2, 0.25) is 0 Å². The van der Waals surface area contributed by atoms with Crippen molar-refractivity contribution in [2.45, 2.75) is 13.8 Å². The van der Waals surface area contributed by atoms with Crippen molar-refractivity contribution in [3.8, 4) is 21.1 Å². The van der Waals surface area contributed by atoms with Gasteiger partial charge in [-0.25, -0.2) is 9.37 Å². The van der Waals surface area contributed by atoms with Crippen LogP contribution < -0.4 is 4.90 Å². The van der Waals surface area contributed by atoms with E-state index >= 15 is 0 Å². The smallest absolute Gasteiger partial charge is 0.274 e. The number of H-pyrrole nitrogens is 1. The number of aromatic amines is 1. The molecule has 1 fully saturated rings. The molecule has 1 aliphatic heterocycles. The fourth-order valence-corrected chi connectivity index (χ4v) is 5.18. The second kappa shape index (κ2) is 9.42. The highest BCUT2D eigenvalue weighted by atomic mass is 32.1. The van der Waals surface area contributed by atoms with Crippen LogP contribution in [0, 0.1) is 12.7 Å². The lowest BCUT2D eigenvalue weighted by Gasteiger charge is -2.35. The number of nitrogens with zero attached hydrogens (tertiary/aromatic N) is 4. The van der Waals surface area contributed by atoms with Crippen LogP contribution in [0.25, 0.3) is 21.1 Å². The molecule has 5 rings (SSSR count). The van der Waals surface area contributed by atoms with E-state index in [1.807, 2.05) is 36.1 Å². The number of aromatic nitrogens is 3. The summed E-state index contributed by atoms with van der Waals surface area (Å²) in [5, 5.41) is 8.04. The van der Waals surface area contributed by atoms with Crippen LogP contribution in [0.3, 0.4) is 0 Å². The van der Waals surface area contributed by atoms with Crippen molar-refractivity contribution < 1.29 is 14.0 Å². The average molecular weight is 490 g/mol. The number of rotatable bonds is 5. The monoisotopic (exact) mass is 489 g/mol. The number of carbonyl (C=O) groups is 2. The lowest BCUT2D eigenvalue weighted by molar-refractivity contribution is 0.0740. The van der Waals surface area contributed by atoms with Crippen LogP contribution in [0.4, 0.5) is 10.1 Å². The largest absolute Gasteiger partial charge is 0.368 e. The van der Waals surface area contributed by atoms with Gasteiger partial charge in [0, 0.05) is 43.0 Å². The molecule has 1 N–H and O–H groups in total. The van der Waals surface area contributed by atoms with Gasteiger partial charge >= 0.3 is 0 Å². The van der Waals surface area contributed by atoms with Crippen molar-refractivity contribution in [3.63, 3.8) is 0 Å². The van der Waals surface area contributed by atoms with E-state index in [-0.39, 0.29) is 17.5 Å². The standard InChI is InChI=1S/C26H24FN5O2S/c1-16-24(35-25(28-16)19-3-7-20(27)8-4-19)22-15-23(30-29-22)26(34)32-13-11-31(12-14-32)21-9-5-18(6-10-21)17(2)33/h3-10,15H,11-14H2,1-2H3,(H,29,30). The number of piperazine rings is 1. The molecule has 7 nitrogen and oxygen atoms in total. The molecule has 2 aromatic carbocycles. The second-order valence-corrected chi connectivity index (χ2v) is 9.49. The van der Waals surface area contributed by atoms with E-state index in [0.717, 1.165) is 32.5 Å². The third-order valence-electron chi connectivity index (χ3n) is 6.14. The van der Waals surface area contributed by atoms with Gasteiger partial charge in [0.25, 0.3) is 5.91 Å². The first-order valence-corrected chi connectivity index (χ1v) is 12.1. The number of aryl methyl sites for hydroxylation is 1. The molecule has 3 heterocycles. The van der Waals surface area contributed by atoms with Crippen molar-refractivity contribution >= 4 is 28.7 Å². The number of halogens is 1. The SMILES string of the molecule is CC(=O)c1ccc(N2CCN(C(=O)c3cc(-c4sc(-c5ccc(F)cc5)nc4C)[nH]n3)CC2)cc1. The second-order valence-electron chi connectivity index (χ2n) is 8.49. The molecule has 35 heavy (non-hydrogen) atoms. The van der Waals surface area contributed by atoms with E-state index in [9.17, 15) is 14.0 Å². The number of ketones is 1. The first-order chi connectivity index (χ1) is 16.9. The Kier molecular flexibility index (Phi) is 6.17. The lowest BCUT2D eigenvalue weighted by atomic mass is 10.1. The molecule has 1 aliphatic rings. The van der Waals surface area contributed by atoms with E-state index in [2.05, 4.69) is 20.1 Å². The van der Waals surface area contributed by atoms with Gasteiger partial charge in [0.15, 0.2) is 11.5 Å². The van der Waals surface area contributed by atoms with Gasteiger partial charge in [0.05, 0.1) is 16.3 Å². The van der Waals surface area contributed by atoms with E-state index in [0.29, 0.717) is 37.4 Å². The third-order valence-corrected chi connectivity index (χ3v) is 7.38. The Morgan fingerprint density at radius 3 is 2.34 bits per heavy atom. The van der Waals surface area contributed by atoms with Gasteiger partial charge in [0.2, 0.25) is 0 Å². The highest BCUT2D eigenvalue weighted by molar-refractivity contribution is 7.18. The van der Waals surface area contributed by atoms with E-state index in [1.54, 1.807) is 25.1 Å². The minimum atomic E-state index is -0.286. The molecular weight excluding hydrogens is 465 g/mol. The fourth-order valence-electron chi connectivity index (χ4n) is 4.15. The minimum absolute atomic E-state index is 0.0468. The Labute approximate surface area is 206 Å². The first-order valence-electron chi connectivity index (χ1n) is 11.3. The summed E-state index contributed by atoms with van der Waals surface area (Å²) in [6.45, 7) is 6.05. The van der Waals surface area contributed by atoms with Crippen molar-refractivity contribution in [2.24, 2.45) is 0 Å². The zero-order chi connectivity index (χ0) is 24.5. The topological polar surface area (TPSA) is 82.2 Å². The maximum atomic E-state index is 13.3. The number of hydrogen-bond acceptors (Lipinski definition) is 6. The summed E-state index contributed by atoms with van der Waals surface area (Å²) in [6, 6.07) is 15.6.